The summed E-state index contributed by atoms with van der Waals surface area (Å²) in [7, 11) is 0. The van der Waals surface area contributed by atoms with E-state index in [1.54, 1.807) is 4.90 Å². The molecule has 4 rings (SSSR count). The molecule has 0 aliphatic carbocycles. The van der Waals surface area contributed by atoms with E-state index in [4.69, 9.17) is 0 Å². The smallest absolute Gasteiger partial charge is 0.234 e. The first kappa shape index (κ1) is 22.5. The van der Waals surface area contributed by atoms with Crippen LogP contribution in [0.3, 0.4) is 0 Å². The number of nitrogens with zero attached hydrogens (tertiary/aromatic N) is 3. The van der Waals surface area contributed by atoms with Crippen molar-refractivity contribution in [3.63, 3.8) is 0 Å². The van der Waals surface area contributed by atoms with Crippen LogP contribution in [0, 0.1) is 5.92 Å². The quantitative estimate of drug-likeness (QED) is 0.662. The first-order valence-corrected chi connectivity index (χ1v) is 11.7. The fraction of sp³-hybridized carbons (Fsp3) is 0.375. The SMILES string of the molecule is O=C(CN1CCN(C(=O)C2CC(=O)N(c3ccc(Br)cc3)C2)CC1)NCc1ccccc1. The van der Waals surface area contributed by atoms with E-state index in [0.717, 1.165) is 15.7 Å². The molecule has 1 atom stereocenters. The number of hydrogen-bond acceptors (Lipinski definition) is 4. The highest BCUT2D eigenvalue weighted by Gasteiger charge is 2.38. The van der Waals surface area contributed by atoms with Crippen molar-refractivity contribution in [2.45, 2.75) is 13.0 Å². The fourth-order valence-electron chi connectivity index (χ4n) is 4.18. The molecule has 7 nitrogen and oxygen atoms in total. The van der Waals surface area contributed by atoms with Crippen LogP contribution in [0.15, 0.2) is 59.1 Å². The summed E-state index contributed by atoms with van der Waals surface area (Å²) in [6.07, 6.45) is 0.247. The molecular weight excluding hydrogens is 472 g/mol. The Kier molecular flexibility index (Phi) is 7.22. The van der Waals surface area contributed by atoms with E-state index in [-0.39, 0.29) is 30.1 Å². The number of halogens is 1. The van der Waals surface area contributed by atoms with E-state index >= 15 is 0 Å². The van der Waals surface area contributed by atoms with Crippen molar-refractivity contribution in [2.75, 3.05) is 44.2 Å². The molecule has 0 saturated carbocycles. The van der Waals surface area contributed by atoms with Gasteiger partial charge in [-0.1, -0.05) is 46.3 Å². The predicted molar refractivity (Wildman–Crippen MR) is 126 cm³/mol. The maximum Gasteiger partial charge on any atom is 0.234 e. The normalized spacial score (nSPS) is 19.3. The first-order chi connectivity index (χ1) is 15.5. The van der Waals surface area contributed by atoms with Crippen molar-refractivity contribution < 1.29 is 14.4 Å². The Morgan fingerprint density at radius 3 is 2.34 bits per heavy atom. The highest BCUT2D eigenvalue weighted by atomic mass is 79.9. The van der Waals surface area contributed by atoms with Gasteiger partial charge in [0.2, 0.25) is 17.7 Å². The lowest BCUT2D eigenvalue weighted by Crippen LogP contribution is -2.52. The zero-order chi connectivity index (χ0) is 22.5. The van der Waals surface area contributed by atoms with Crippen molar-refractivity contribution in [3.05, 3.63) is 64.6 Å². The number of hydrogen-bond donors (Lipinski definition) is 1. The molecule has 2 aliphatic heterocycles. The fourth-order valence-corrected chi connectivity index (χ4v) is 4.45. The topological polar surface area (TPSA) is 73.0 Å². The second-order valence-electron chi connectivity index (χ2n) is 8.25. The van der Waals surface area contributed by atoms with Gasteiger partial charge in [0.15, 0.2) is 0 Å². The Hall–Kier alpha value is -2.71. The van der Waals surface area contributed by atoms with Crippen LogP contribution in [0.25, 0.3) is 0 Å². The molecule has 0 aromatic heterocycles. The summed E-state index contributed by atoms with van der Waals surface area (Å²) in [5.41, 5.74) is 1.89. The third-order valence-electron chi connectivity index (χ3n) is 6.00. The van der Waals surface area contributed by atoms with E-state index in [2.05, 4.69) is 26.1 Å². The molecule has 2 aromatic carbocycles. The van der Waals surface area contributed by atoms with Crippen LogP contribution in [0.1, 0.15) is 12.0 Å². The van der Waals surface area contributed by atoms with Gasteiger partial charge in [-0.05, 0) is 29.8 Å². The van der Waals surface area contributed by atoms with Crippen LogP contribution in [-0.2, 0) is 20.9 Å². The number of carbonyl (C=O) groups is 3. The van der Waals surface area contributed by atoms with Crippen molar-refractivity contribution in [1.82, 2.24) is 15.1 Å². The molecule has 32 heavy (non-hydrogen) atoms. The largest absolute Gasteiger partial charge is 0.351 e. The molecule has 2 aliphatic rings. The van der Waals surface area contributed by atoms with Crippen LogP contribution < -0.4 is 10.2 Å². The molecule has 2 saturated heterocycles. The van der Waals surface area contributed by atoms with E-state index in [0.29, 0.717) is 45.8 Å². The van der Waals surface area contributed by atoms with Crippen LogP contribution >= 0.6 is 15.9 Å². The summed E-state index contributed by atoms with van der Waals surface area (Å²) in [6.45, 7) is 3.73. The van der Waals surface area contributed by atoms with Gasteiger partial charge >= 0.3 is 0 Å². The highest BCUT2D eigenvalue weighted by Crippen LogP contribution is 2.27. The van der Waals surface area contributed by atoms with Gasteiger partial charge in [-0.2, -0.15) is 0 Å². The second kappa shape index (κ2) is 10.3. The molecule has 2 aromatic rings. The van der Waals surface area contributed by atoms with Crippen LogP contribution in [0.4, 0.5) is 5.69 Å². The Morgan fingerprint density at radius 2 is 1.66 bits per heavy atom. The van der Waals surface area contributed by atoms with Crippen LogP contribution in [-0.4, -0.2) is 66.8 Å². The summed E-state index contributed by atoms with van der Waals surface area (Å²) < 4.78 is 0.951. The van der Waals surface area contributed by atoms with E-state index in [1.807, 2.05) is 59.5 Å². The van der Waals surface area contributed by atoms with Gasteiger partial charge in [0.1, 0.15) is 0 Å². The van der Waals surface area contributed by atoms with Gasteiger partial charge in [-0.3, -0.25) is 19.3 Å². The van der Waals surface area contributed by atoms with Gasteiger partial charge in [0.25, 0.3) is 0 Å². The summed E-state index contributed by atoms with van der Waals surface area (Å²) in [5.74, 6) is -0.308. The zero-order valence-corrected chi connectivity index (χ0v) is 19.5. The highest BCUT2D eigenvalue weighted by molar-refractivity contribution is 9.10. The molecule has 1 unspecified atom stereocenters. The number of nitrogens with one attached hydrogen (secondary N) is 1. The molecule has 0 radical (unpaired) electrons. The maximum atomic E-state index is 13.0. The molecule has 2 fully saturated rings. The average molecular weight is 499 g/mol. The molecular formula is C24H27BrN4O3. The summed E-state index contributed by atoms with van der Waals surface area (Å²) in [4.78, 5) is 43.3. The van der Waals surface area contributed by atoms with E-state index < -0.39 is 0 Å². The third kappa shape index (κ3) is 5.55. The lowest BCUT2D eigenvalue weighted by molar-refractivity contribution is -0.137. The van der Waals surface area contributed by atoms with Crippen molar-refractivity contribution >= 4 is 39.3 Å². The Labute approximate surface area is 196 Å². The predicted octanol–water partition coefficient (Wildman–Crippen LogP) is 2.26. The van der Waals surface area contributed by atoms with Crippen LogP contribution in [0.5, 0.6) is 0 Å². The van der Waals surface area contributed by atoms with Crippen molar-refractivity contribution in [2.24, 2.45) is 5.92 Å². The van der Waals surface area contributed by atoms with E-state index in [1.165, 1.54) is 0 Å². The number of benzene rings is 2. The van der Waals surface area contributed by atoms with Crippen molar-refractivity contribution in [3.8, 4) is 0 Å². The molecule has 0 spiro atoms. The van der Waals surface area contributed by atoms with Gasteiger partial charge in [0, 0.05) is 55.8 Å². The number of carbonyl (C=O) groups excluding carboxylic acids is 3. The minimum atomic E-state index is -0.313. The van der Waals surface area contributed by atoms with Gasteiger partial charge < -0.3 is 15.1 Å². The van der Waals surface area contributed by atoms with Crippen LogP contribution in [0.2, 0.25) is 0 Å². The standard InChI is InChI=1S/C24H27BrN4O3/c25-20-6-8-21(9-7-20)29-16-19(14-23(29)31)24(32)28-12-10-27(11-13-28)17-22(30)26-15-18-4-2-1-3-5-18/h1-9,19H,10-17H2,(H,26,30). The maximum absolute atomic E-state index is 13.0. The number of amides is 3. The first-order valence-electron chi connectivity index (χ1n) is 10.9. The van der Waals surface area contributed by atoms with Gasteiger partial charge in [-0.25, -0.2) is 0 Å². The summed E-state index contributed by atoms with van der Waals surface area (Å²) >= 11 is 3.40. The molecule has 1 N–H and O–H groups in total. The molecule has 2 heterocycles. The molecule has 8 heteroatoms. The van der Waals surface area contributed by atoms with Gasteiger partial charge in [-0.15, -0.1) is 0 Å². The van der Waals surface area contributed by atoms with Gasteiger partial charge in [0.05, 0.1) is 12.5 Å². The minimum absolute atomic E-state index is 0.0137. The lowest BCUT2D eigenvalue weighted by atomic mass is 10.1. The Balaban J connectivity index is 1.22. The monoisotopic (exact) mass is 498 g/mol. The van der Waals surface area contributed by atoms with E-state index in [9.17, 15) is 14.4 Å². The molecule has 3 amide bonds. The number of anilines is 1. The third-order valence-corrected chi connectivity index (χ3v) is 6.52. The Morgan fingerprint density at radius 1 is 0.969 bits per heavy atom. The minimum Gasteiger partial charge on any atom is -0.351 e. The van der Waals surface area contributed by atoms with Crippen molar-refractivity contribution in [1.29, 1.82) is 0 Å². The summed E-state index contributed by atoms with van der Waals surface area (Å²) in [6, 6.07) is 17.4. The second-order valence-corrected chi connectivity index (χ2v) is 9.16. The Bertz CT molecular complexity index is 959. The lowest BCUT2D eigenvalue weighted by Gasteiger charge is -2.35. The molecule has 0 bridgehead atoms. The number of piperazine rings is 1. The summed E-state index contributed by atoms with van der Waals surface area (Å²) in [5, 5.41) is 2.95. The number of rotatable bonds is 6. The molecule has 168 valence electrons. The average Bonchev–Trinajstić information content (AvgIpc) is 3.20. The zero-order valence-electron chi connectivity index (χ0n) is 17.9.